The van der Waals surface area contributed by atoms with E-state index in [1.807, 2.05) is 48.5 Å². The van der Waals surface area contributed by atoms with Gasteiger partial charge in [-0.25, -0.2) is 4.98 Å². The van der Waals surface area contributed by atoms with Gasteiger partial charge in [-0.1, -0.05) is 60.6 Å². The molecule has 0 radical (unpaired) electrons. The van der Waals surface area contributed by atoms with Crippen molar-refractivity contribution >= 4 is 16.7 Å². The number of benzene rings is 2. The van der Waals surface area contributed by atoms with E-state index in [1.54, 1.807) is 0 Å². The maximum absolute atomic E-state index is 5.67. The third kappa shape index (κ3) is 3.47. The molecular formula is C23H23N5O. The van der Waals surface area contributed by atoms with Crippen molar-refractivity contribution < 1.29 is 4.52 Å². The Morgan fingerprint density at radius 3 is 2.45 bits per heavy atom. The van der Waals surface area contributed by atoms with Gasteiger partial charge in [0.25, 0.3) is 5.89 Å². The van der Waals surface area contributed by atoms with Crippen LogP contribution in [0, 0.1) is 0 Å². The van der Waals surface area contributed by atoms with Gasteiger partial charge in [0.15, 0.2) is 0 Å². The lowest BCUT2D eigenvalue weighted by Gasteiger charge is -2.35. The van der Waals surface area contributed by atoms with Gasteiger partial charge in [-0.3, -0.25) is 0 Å². The molecule has 0 atom stereocenters. The summed E-state index contributed by atoms with van der Waals surface area (Å²) >= 11 is 0. The summed E-state index contributed by atoms with van der Waals surface area (Å²) in [5.74, 6) is 2.09. The lowest BCUT2D eigenvalue weighted by molar-refractivity contribution is 0.270. The first-order valence-electron chi connectivity index (χ1n) is 10.1. The molecule has 0 amide bonds. The molecule has 1 fully saturated rings. The highest BCUT2D eigenvalue weighted by Gasteiger charge is 2.20. The molecule has 1 saturated heterocycles. The summed E-state index contributed by atoms with van der Waals surface area (Å²) in [5, 5.41) is 5.23. The Balaban J connectivity index is 1.56. The van der Waals surface area contributed by atoms with E-state index in [1.165, 1.54) is 0 Å². The van der Waals surface area contributed by atoms with E-state index in [9.17, 15) is 0 Å². The van der Waals surface area contributed by atoms with Crippen molar-refractivity contribution in [3.05, 3.63) is 60.7 Å². The fourth-order valence-electron chi connectivity index (χ4n) is 3.83. The van der Waals surface area contributed by atoms with Crippen molar-refractivity contribution in [1.82, 2.24) is 20.0 Å². The van der Waals surface area contributed by atoms with Crippen molar-refractivity contribution in [2.45, 2.75) is 6.92 Å². The maximum Gasteiger partial charge on any atom is 0.259 e. The Morgan fingerprint density at radius 1 is 0.897 bits per heavy atom. The second kappa shape index (κ2) is 7.64. The van der Waals surface area contributed by atoms with Crippen molar-refractivity contribution in [3.8, 4) is 22.8 Å². The number of piperazine rings is 1. The predicted molar refractivity (Wildman–Crippen MR) is 115 cm³/mol. The average Bonchev–Trinajstić information content (AvgIpc) is 3.29. The largest absolute Gasteiger partial charge is 0.354 e. The Labute approximate surface area is 169 Å². The van der Waals surface area contributed by atoms with E-state index in [4.69, 9.17) is 9.51 Å². The predicted octanol–water partition coefficient (Wildman–Crippen LogP) is 4.09. The van der Waals surface area contributed by atoms with Crippen LogP contribution in [0.15, 0.2) is 65.2 Å². The highest BCUT2D eigenvalue weighted by Crippen LogP contribution is 2.32. The van der Waals surface area contributed by atoms with E-state index >= 15 is 0 Å². The highest BCUT2D eigenvalue weighted by molar-refractivity contribution is 5.94. The summed E-state index contributed by atoms with van der Waals surface area (Å²) in [7, 11) is 0. The lowest BCUT2D eigenvalue weighted by Crippen LogP contribution is -2.46. The summed E-state index contributed by atoms with van der Waals surface area (Å²) < 4.78 is 5.67. The zero-order valence-electron chi connectivity index (χ0n) is 16.5. The van der Waals surface area contributed by atoms with Crippen LogP contribution in [0.4, 0.5) is 5.82 Å². The molecule has 1 aliphatic rings. The van der Waals surface area contributed by atoms with E-state index in [0.29, 0.717) is 11.7 Å². The molecule has 0 saturated carbocycles. The number of nitrogens with zero attached hydrogens (tertiary/aromatic N) is 5. The number of aromatic nitrogens is 3. The number of para-hydroxylation sites is 1. The van der Waals surface area contributed by atoms with Crippen molar-refractivity contribution in [2.75, 3.05) is 37.6 Å². The standard InChI is InChI=1S/C23H23N5O/c1-2-27-12-14-28(15-13-27)21-16-19(18-10-6-7-11-20(18)24-21)23-25-22(26-29-23)17-8-4-3-5-9-17/h3-11,16H,2,12-15H2,1H3. The number of fused-ring (bicyclic) bond motifs is 1. The van der Waals surface area contributed by atoms with Crippen LogP contribution in [-0.4, -0.2) is 52.7 Å². The summed E-state index contributed by atoms with van der Waals surface area (Å²) in [5.41, 5.74) is 2.81. The Morgan fingerprint density at radius 2 is 1.66 bits per heavy atom. The summed E-state index contributed by atoms with van der Waals surface area (Å²) in [6.07, 6.45) is 0. The van der Waals surface area contributed by atoms with Gasteiger partial charge in [-0.2, -0.15) is 4.98 Å². The van der Waals surface area contributed by atoms with Gasteiger partial charge in [-0.05, 0) is 18.7 Å². The van der Waals surface area contributed by atoms with Gasteiger partial charge in [0.2, 0.25) is 5.82 Å². The van der Waals surface area contributed by atoms with Crippen molar-refractivity contribution in [1.29, 1.82) is 0 Å². The number of rotatable bonds is 4. The second-order valence-electron chi connectivity index (χ2n) is 7.26. The summed E-state index contributed by atoms with van der Waals surface area (Å²) in [4.78, 5) is 14.4. The minimum absolute atomic E-state index is 0.524. The molecule has 1 aliphatic heterocycles. The van der Waals surface area contributed by atoms with E-state index in [0.717, 1.165) is 60.6 Å². The molecule has 2 aromatic heterocycles. The second-order valence-corrected chi connectivity index (χ2v) is 7.26. The zero-order valence-corrected chi connectivity index (χ0v) is 16.5. The number of hydrogen-bond donors (Lipinski definition) is 0. The van der Waals surface area contributed by atoms with Crippen LogP contribution in [0.3, 0.4) is 0 Å². The van der Waals surface area contributed by atoms with Crippen LogP contribution in [-0.2, 0) is 0 Å². The number of likely N-dealkylation sites (N-methyl/N-ethyl adjacent to an activating group) is 1. The quantitative estimate of drug-likeness (QED) is 0.527. The Bertz CT molecular complexity index is 1120. The van der Waals surface area contributed by atoms with Crippen molar-refractivity contribution in [3.63, 3.8) is 0 Å². The molecule has 2 aromatic carbocycles. The molecule has 6 nitrogen and oxygen atoms in total. The molecule has 0 spiro atoms. The number of pyridine rings is 1. The monoisotopic (exact) mass is 385 g/mol. The third-order valence-electron chi connectivity index (χ3n) is 5.53. The molecule has 146 valence electrons. The van der Waals surface area contributed by atoms with Gasteiger partial charge in [0.1, 0.15) is 5.82 Å². The number of anilines is 1. The van der Waals surface area contributed by atoms with Crippen LogP contribution >= 0.6 is 0 Å². The lowest BCUT2D eigenvalue weighted by atomic mass is 10.1. The summed E-state index contributed by atoms with van der Waals surface area (Å²) in [6, 6.07) is 20.1. The average molecular weight is 385 g/mol. The first kappa shape index (κ1) is 17.8. The normalized spacial score (nSPS) is 15.1. The molecule has 0 unspecified atom stereocenters. The minimum atomic E-state index is 0.524. The molecule has 3 heterocycles. The molecule has 5 rings (SSSR count). The summed E-state index contributed by atoms with van der Waals surface area (Å²) in [6.45, 7) is 7.35. The molecule has 0 bridgehead atoms. The van der Waals surface area contributed by atoms with E-state index in [2.05, 4.69) is 39.0 Å². The maximum atomic E-state index is 5.67. The van der Waals surface area contributed by atoms with Crippen LogP contribution < -0.4 is 4.90 Å². The molecule has 0 N–H and O–H groups in total. The first-order chi connectivity index (χ1) is 14.3. The topological polar surface area (TPSA) is 58.3 Å². The Hall–Kier alpha value is -3.25. The van der Waals surface area contributed by atoms with Crippen LogP contribution in [0.25, 0.3) is 33.7 Å². The third-order valence-corrected chi connectivity index (χ3v) is 5.53. The fraction of sp³-hybridized carbons (Fsp3) is 0.261. The van der Waals surface area contributed by atoms with E-state index in [-0.39, 0.29) is 0 Å². The highest BCUT2D eigenvalue weighted by atomic mass is 16.5. The van der Waals surface area contributed by atoms with Gasteiger partial charge in [-0.15, -0.1) is 0 Å². The van der Waals surface area contributed by atoms with Crippen LogP contribution in [0.2, 0.25) is 0 Å². The Kier molecular flexibility index (Phi) is 4.69. The molecule has 0 aliphatic carbocycles. The fourth-order valence-corrected chi connectivity index (χ4v) is 3.83. The SMILES string of the molecule is CCN1CCN(c2cc(-c3nc(-c4ccccc4)no3)c3ccccc3n2)CC1. The minimum Gasteiger partial charge on any atom is -0.354 e. The van der Waals surface area contributed by atoms with Gasteiger partial charge in [0.05, 0.1) is 11.1 Å². The first-order valence-corrected chi connectivity index (χ1v) is 10.1. The zero-order chi connectivity index (χ0) is 19.6. The van der Waals surface area contributed by atoms with Crippen LogP contribution in [0.5, 0.6) is 0 Å². The molecule has 6 heteroatoms. The van der Waals surface area contributed by atoms with Crippen molar-refractivity contribution in [2.24, 2.45) is 0 Å². The van der Waals surface area contributed by atoms with Gasteiger partial charge >= 0.3 is 0 Å². The molecule has 29 heavy (non-hydrogen) atoms. The van der Waals surface area contributed by atoms with Crippen LogP contribution in [0.1, 0.15) is 6.92 Å². The molecule has 4 aromatic rings. The molecular weight excluding hydrogens is 362 g/mol. The smallest absolute Gasteiger partial charge is 0.259 e. The van der Waals surface area contributed by atoms with Gasteiger partial charge < -0.3 is 14.3 Å². The number of hydrogen-bond acceptors (Lipinski definition) is 6. The van der Waals surface area contributed by atoms with Gasteiger partial charge in [0, 0.05) is 37.1 Å². The van der Waals surface area contributed by atoms with E-state index < -0.39 is 0 Å².